The van der Waals surface area contributed by atoms with Crippen LogP contribution in [-0.4, -0.2) is 16.5 Å². The van der Waals surface area contributed by atoms with Crippen LogP contribution in [0.3, 0.4) is 0 Å². The number of nitrogens with one attached hydrogen (secondary N) is 1. The topological polar surface area (TPSA) is 37.8 Å². The maximum Gasteiger partial charge on any atom is 0.223 e. The van der Waals surface area contributed by atoms with E-state index < -0.39 is 0 Å². The maximum absolute atomic E-state index is 4.55. The summed E-state index contributed by atoms with van der Waals surface area (Å²) in [5, 5.41) is 3.36. The van der Waals surface area contributed by atoms with Crippen molar-refractivity contribution in [2.45, 2.75) is 52.4 Å². The second-order valence-corrected chi connectivity index (χ2v) is 5.42. The third-order valence-corrected chi connectivity index (χ3v) is 3.53. The normalized spacial score (nSPS) is 16.0. The van der Waals surface area contributed by atoms with Crippen molar-refractivity contribution in [3.05, 3.63) is 17.5 Å². The Morgan fingerprint density at radius 2 is 2.12 bits per heavy atom. The molecular formula is C14H23N3. The zero-order valence-electron chi connectivity index (χ0n) is 11.2. The molecule has 3 nitrogen and oxygen atoms in total. The number of rotatable bonds is 5. The molecule has 1 heterocycles. The van der Waals surface area contributed by atoms with Crippen molar-refractivity contribution in [1.29, 1.82) is 0 Å². The fraction of sp³-hybridized carbons (Fsp3) is 0.714. The highest BCUT2D eigenvalue weighted by Crippen LogP contribution is 2.29. The fourth-order valence-corrected chi connectivity index (χ4v) is 2.14. The van der Waals surface area contributed by atoms with E-state index in [9.17, 15) is 0 Å². The van der Waals surface area contributed by atoms with E-state index in [2.05, 4.69) is 35.2 Å². The van der Waals surface area contributed by atoms with Gasteiger partial charge in [0.2, 0.25) is 5.95 Å². The van der Waals surface area contributed by atoms with Crippen molar-refractivity contribution in [1.82, 2.24) is 9.97 Å². The molecule has 0 unspecified atom stereocenters. The maximum atomic E-state index is 4.55. The van der Waals surface area contributed by atoms with E-state index in [4.69, 9.17) is 0 Å². The van der Waals surface area contributed by atoms with Gasteiger partial charge in [-0.3, -0.25) is 0 Å². The Bertz CT molecular complexity index is 370. The highest BCUT2D eigenvalue weighted by Gasteiger charge is 2.16. The zero-order chi connectivity index (χ0) is 12.3. The summed E-state index contributed by atoms with van der Waals surface area (Å²) in [6, 6.07) is 2.07. The Hall–Kier alpha value is -1.12. The first-order valence-electron chi connectivity index (χ1n) is 6.74. The van der Waals surface area contributed by atoms with Gasteiger partial charge in [0.1, 0.15) is 0 Å². The smallest absolute Gasteiger partial charge is 0.223 e. The van der Waals surface area contributed by atoms with Crippen molar-refractivity contribution < 1.29 is 0 Å². The van der Waals surface area contributed by atoms with Crippen LogP contribution in [0.15, 0.2) is 6.07 Å². The van der Waals surface area contributed by atoms with Gasteiger partial charge in [-0.15, -0.1) is 0 Å². The van der Waals surface area contributed by atoms with Crippen molar-refractivity contribution in [3.8, 4) is 0 Å². The molecule has 1 saturated carbocycles. The average molecular weight is 233 g/mol. The van der Waals surface area contributed by atoms with Gasteiger partial charge in [-0.05, 0) is 31.2 Å². The predicted molar refractivity (Wildman–Crippen MR) is 71.3 cm³/mol. The summed E-state index contributed by atoms with van der Waals surface area (Å²) in [5.41, 5.74) is 2.18. The largest absolute Gasteiger partial charge is 0.354 e. The first-order chi connectivity index (χ1) is 8.15. The molecule has 0 aliphatic heterocycles. The number of aromatic nitrogens is 2. The molecule has 0 atom stereocenters. The molecule has 17 heavy (non-hydrogen) atoms. The predicted octanol–water partition coefficient (Wildman–Crippen LogP) is 3.51. The molecule has 94 valence electrons. The van der Waals surface area contributed by atoms with E-state index >= 15 is 0 Å². The van der Waals surface area contributed by atoms with Gasteiger partial charge in [-0.2, -0.15) is 0 Å². The fourth-order valence-electron chi connectivity index (χ4n) is 2.14. The Morgan fingerprint density at radius 3 is 2.71 bits per heavy atom. The molecule has 2 rings (SSSR count). The molecule has 1 aliphatic carbocycles. The minimum absolute atomic E-state index is 0.462. The van der Waals surface area contributed by atoms with Gasteiger partial charge in [0.25, 0.3) is 0 Å². The summed E-state index contributed by atoms with van der Waals surface area (Å²) in [4.78, 5) is 8.99. The standard InChI is InChI=1S/C14H23N3/c1-10(2)13-9-11(3)16-14(17-13)15-8-7-12-5-4-6-12/h9-10,12H,4-8H2,1-3H3,(H,15,16,17). The van der Waals surface area contributed by atoms with Crippen molar-refractivity contribution in [2.24, 2.45) is 5.92 Å². The van der Waals surface area contributed by atoms with E-state index in [1.165, 1.54) is 25.7 Å². The highest BCUT2D eigenvalue weighted by molar-refractivity contribution is 5.28. The summed E-state index contributed by atoms with van der Waals surface area (Å²) in [5.74, 6) is 2.20. The highest BCUT2D eigenvalue weighted by atomic mass is 15.1. The Morgan fingerprint density at radius 1 is 1.35 bits per heavy atom. The third kappa shape index (κ3) is 3.42. The molecule has 1 aromatic rings. The number of hydrogen-bond acceptors (Lipinski definition) is 3. The van der Waals surface area contributed by atoms with Crippen molar-refractivity contribution >= 4 is 5.95 Å². The van der Waals surface area contributed by atoms with E-state index in [1.807, 2.05) is 6.92 Å². The Balaban J connectivity index is 1.90. The average Bonchev–Trinajstić information content (AvgIpc) is 2.21. The SMILES string of the molecule is Cc1cc(C(C)C)nc(NCCC2CCC2)n1. The van der Waals surface area contributed by atoms with Crippen LogP contribution in [0, 0.1) is 12.8 Å². The molecular weight excluding hydrogens is 210 g/mol. The molecule has 3 heteroatoms. The zero-order valence-corrected chi connectivity index (χ0v) is 11.2. The molecule has 0 saturated heterocycles. The van der Waals surface area contributed by atoms with Gasteiger partial charge < -0.3 is 5.32 Å². The second-order valence-electron chi connectivity index (χ2n) is 5.42. The van der Waals surface area contributed by atoms with Crippen molar-refractivity contribution in [2.75, 3.05) is 11.9 Å². The molecule has 1 aliphatic rings. The number of aryl methyl sites for hydroxylation is 1. The van der Waals surface area contributed by atoms with Crippen LogP contribution in [0.25, 0.3) is 0 Å². The van der Waals surface area contributed by atoms with Crippen LogP contribution in [0.2, 0.25) is 0 Å². The molecule has 0 radical (unpaired) electrons. The summed E-state index contributed by atoms with van der Waals surface area (Å²) in [6.45, 7) is 7.37. The Kier molecular flexibility index (Phi) is 3.97. The van der Waals surface area contributed by atoms with Gasteiger partial charge in [0.15, 0.2) is 0 Å². The summed E-state index contributed by atoms with van der Waals surface area (Å²) in [6.07, 6.45) is 5.50. The minimum atomic E-state index is 0.462. The van der Waals surface area contributed by atoms with E-state index in [-0.39, 0.29) is 0 Å². The van der Waals surface area contributed by atoms with Gasteiger partial charge in [0, 0.05) is 17.9 Å². The van der Waals surface area contributed by atoms with Gasteiger partial charge in [-0.25, -0.2) is 9.97 Å². The quantitative estimate of drug-likeness (QED) is 0.845. The third-order valence-electron chi connectivity index (χ3n) is 3.53. The van der Waals surface area contributed by atoms with E-state index in [0.717, 1.165) is 29.8 Å². The van der Waals surface area contributed by atoms with E-state index in [1.54, 1.807) is 0 Å². The lowest BCUT2D eigenvalue weighted by Gasteiger charge is -2.25. The second kappa shape index (κ2) is 5.48. The first-order valence-corrected chi connectivity index (χ1v) is 6.74. The van der Waals surface area contributed by atoms with Gasteiger partial charge in [-0.1, -0.05) is 33.1 Å². The van der Waals surface area contributed by atoms with Crippen LogP contribution >= 0.6 is 0 Å². The first kappa shape index (κ1) is 12.3. The number of anilines is 1. The van der Waals surface area contributed by atoms with Gasteiger partial charge >= 0.3 is 0 Å². The molecule has 1 N–H and O–H groups in total. The van der Waals surface area contributed by atoms with Crippen LogP contribution in [0.5, 0.6) is 0 Å². The lowest BCUT2D eigenvalue weighted by molar-refractivity contribution is 0.302. The summed E-state index contributed by atoms with van der Waals surface area (Å²) >= 11 is 0. The van der Waals surface area contributed by atoms with Crippen LogP contribution in [0.4, 0.5) is 5.95 Å². The number of hydrogen-bond donors (Lipinski definition) is 1. The van der Waals surface area contributed by atoms with E-state index in [0.29, 0.717) is 5.92 Å². The molecule has 0 aromatic carbocycles. The minimum Gasteiger partial charge on any atom is -0.354 e. The monoisotopic (exact) mass is 233 g/mol. The van der Waals surface area contributed by atoms with Crippen LogP contribution in [-0.2, 0) is 0 Å². The molecule has 1 fully saturated rings. The Labute approximate surface area is 104 Å². The van der Waals surface area contributed by atoms with Crippen molar-refractivity contribution in [3.63, 3.8) is 0 Å². The molecule has 1 aromatic heterocycles. The number of nitrogens with zero attached hydrogens (tertiary/aromatic N) is 2. The lowest BCUT2D eigenvalue weighted by atomic mass is 9.83. The lowest BCUT2D eigenvalue weighted by Crippen LogP contribution is -2.16. The van der Waals surface area contributed by atoms with Crippen LogP contribution < -0.4 is 5.32 Å². The van der Waals surface area contributed by atoms with Crippen LogP contribution in [0.1, 0.15) is 56.8 Å². The molecule has 0 amide bonds. The molecule has 0 bridgehead atoms. The molecule has 0 spiro atoms. The summed E-state index contributed by atoms with van der Waals surface area (Å²) in [7, 11) is 0. The summed E-state index contributed by atoms with van der Waals surface area (Å²) < 4.78 is 0. The van der Waals surface area contributed by atoms with Gasteiger partial charge in [0.05, 0.1) is 0 Å².